The molecule has 0 amide bonds. The third kappa shape index (κ3) is 0.658. The van der Waals surface area contributed by atoms with Gasteiger partial charge in [0.1, 0.15) is 5.75 Å². The molecule has 2 aromatic rings. The third-order valence-corrected chi connectivity index (χ3v) is 1.54. The zero-order valence-corrected chi connectivity index (χ0v) is 5.33. The van der Waals surface area contributed by atoms with Gasteiger partial charge in [0.25, 0.3) is 0 Å². The van der Waals surface area contributed by atoms with E-state index in [2.05, 4.69) is 4.98 Å². The Kier molecular flexibility index (Phi) is 0.947. The van der Waals surface area contributed by atoms with Crippen LogP contribution in [0.5, 0.6) is 5.75 Å². The summed E-state index contributed by atoms with van der Waals surface area (Å²) in [7, 11) is 0. The fourth-order valence-electron chi connectivity index (χ4n) is 1.04. The number of aromatic nitrogens is 1. The number of hydrogen-bond acceptors (Lipinski definition) is 1. The third-order valence-electron chi connectivity index (χ3n) is 1.54. The predicted octanol–water partition coefficient (Wildman–Crippen LogP) is 1.87. The molecule has 0 saturated carbocycles. The lowest BCUT2D eigenvalue weighted by Gasteiger charge is -1.89. The van der Waals surface area contributed by atoms with Crippen molar-refractivity contribution in [2.45, 2.75) is 0 Å². The molecular formula is C8H7NO. The number of phenolic OH excluding ortho intramolecular Hbond substituents is 1. The molecule has 2 nitrogen and oxygen atoms in total. The highest BCUT2D eigenvalue weighted by Crippen LogP contribution is 2.17. The van der Waals surface area contributed by atoms with E-state index in [1.165, 1.54) is 0 Å². The normalized spacial score (nSPS) is 10.4. The number of aromatic amines is 1. The largest absolute Gasteiger partial charge is 0.508 e. The summed E-state index contributed by atoms with van der Waals surface area (Å²) in [5.41, 5.74) is 1.05. The lowest BCUT2D eigenvalue weighted by molar-refractivity contribution is 0.476. The summed E-state index contributed by atoms with van der Waals surface area (Å²) in [5.74, 6) is 0.312. The van der Waals surface area contributed by atoms with E-state index in [9.17, 15) is 0 Å². The van der Waals surface area contributed by atoms with Gasteiger partial charge in [-0.1, -0.05) is 0 Å². The monoisotopic (exact) mass is 134 g/mol. The summed E-state index contributed by atoms with van der Waals surface area (Å²) in [5, 5.41) is 10.1. The van der Waals surface area contributed by atoms with Gasteiger partial charge in [-0.05, 0) is 24.3 Å². The Hall–Kier alpha value is -1.44. The van der Waals surface area contributed by atoms with Crippen molar-refractivity contribution in [2.75, 3.05) is 0 Å². The van der Waals surface area contributed by atoms with Crippen LogP contribution in [0.2, 0.25) is 0 Å². The topological polar surface area (TPSA) is 36.0 Å². The second kappa shape index (κ2) is 1.77. The number of nitrogens with one attached hydrogen (secondary N) is 1. The lowest BCUT2D eigenvalue weighted by atomic mass is 10.2. The molecule has 0 saturated heterocycles. The van der Waals surface area contributed by atoms with Gasteiger partial charge in [0.2, 0.25) is 0 Å². The van der Waals surface area contributed by atoms with Gasteiger partial charge in [-0.2, -0.15) is 0 Å². The van der Waals surface area contributed by atoms with Gasteiger partial charge in [0, 0.05) is 17.1 Å². The molecule has 1 aromatic carbocycles. The Morgan fingerprint density at radius 1 is 1.20 bits per heavy atom. The fourth-order valence-corrected chi connectivity index (χ4v) is 1.04. The smallest absolute Gasteiger partial charge is 0.116 e. The van der Waals surface area contributed by atoms with Crippen LogP contribution in [-0.4, -0.2) is 10.1 Å². The highest BCUT2D eigenvalue weighted by Gasteiger charge is 1.92. The summed E-state index contributed by atoms with van der Waals surface area (Å²) >= 11 is 0. The zero-order valence-electron chi connectivity index (χ0n) is 5.33. The van der Waals surface area contributed by atoms with Crippen LogP contribution >= 0.6 is 0 Å². The number of hydrogen-bond donors (Lipinski definition) is 2. The van der Waals surface area contributed by atoms with E-state index in [1.807, 2.05) is 18.3 Å². The first-order valence-electron chi connectivity index (χ1n) is 3.12. The molecule has 1 heterocycles. The minimum absolute atomic E-state index is 0.312. The van der Waals surface area contributed by atoms with Gasteiger partial charge in [0.05, 0.1) is 0 Å². The van der Waals surface area contributed by atoms with Gasteiger partial charge in [-0.25, -0.2) is 0 Å². The van der Waals surface area contributed by atoms with Gasteiger partial charge >= 0.3 is 0 Å². The SMILES string of the molecule is Oc1ccc2[15nH]ccc2c1. The predicted molar refractivity (Wildman–Crippen MR) is 40.0 cm³/mol. The van der Waals surface area contributed by atoms with Crippen LogP contribution in [0.15, 0.2) is 30.5 Å². The van der Waals surface area contributed by atoms with Crippen molar-refractivity contribution >= 4 is 10.9 Å². The van der Waals surface area contributed by atoms with Crippen molar-refractivity contribution in [2.24, 2.45) is 0 Å². The van der Waals surface area contributed by atoms with Crippen LogP contribution in [0.1, 0.15) is 0 Å². The maximum Gasteiger partial charge on any atom is 0.116 e. The number of H-pyrrole nitrogens is 1. The zero-order chi connectivity index (χ0) is 6.97. The first-order valence-corrected chi connectivity index (χ1v) is 3.12. The van der Waals surface area contributed by atoms with Crippen LogP contribution in [0.25, 0.3) is 10.9 Å². The number of aromatic hydroxyl groups is 1. The average molecular weight is 134 g/mol. The van der Waals surface area contributed by atoms with Crippen LogP contribution < -0.4 is 0 Å². The molecule has 2 N–H and O–H groups in total. The molecule has 0 fully saturated rings. The summed E-state index contributed by atoms with van der Waals surface area (Å²) in [4.78, 5) is 3.04. The van der Waals surface area contributed by atoms with Crippen LogP contribution in [-0.2, 0) is 0 Å². The number of benzene rings is 1. The minimum atomic E-state index is 0.312. The summed E-state index contributed by atoms with van der Waals surface area (Å²) in [6.07, 6.45) is 1.85. The molecule has 1 aromatic heterocycles. The Morgan fingerprint density at radius 3 is 3.00 bits per heavy atom. The van der Waals surface area contributed by atoms with Crippen molar-refractivity contribution < 1.29 is 5.11 Å². The second-order valence-electron chi connectivity index (χ2n) is 2.25. The minimum Gasteiger partial charge on any atom is -0.508 e. The fraction of sp³-hybridized carbons (Fsp3) is 0. The standard InChI is InChI=1S/C8H7NO/c10-7-1-2-8-6(5-7)3-4-9-8/h1-5,9-10H/i9+1. The molecule has 2 heteroatoms. The molecule has 0 aliphatic rings. The van der Waals surface area contributed by atoms with Gasteiger partial charge in [0.15, 0.2) is 0 Å². The average Bonchev–Trinajstić information content (AvgIpc) is 2.33. The van der Waals surface area contributed by atoms with Gasteiger partial charge in [-0.15, -0.1) is 0 Å². The van der Waals surface area contributed by atoms with Gasteiger partial charge in [-0.3, -0.25) is 0 Å². The molecule has 0 aliphatic carbocycles. The molecule has 0 atom stereocenters. The molecule has 0 unspecified atom stereocenters. The summed E-state index contributed by atoms with van der Waals surface area (Å²) < 4.78 is 0. The van der Waals surface area contributed by atoms with Crippen molar-refractivity contribution in [3.63, 3.8) is 0 Å². The molecular weight excluding hydrogens is 127 g/mol. The first-order chi connectivity index (χ1) is 4.86. The van der Waals surface area contributed by atoms with E-state index in [4.69, 9.17) is 5.11 Å². The number of fused-ring (bicyclic) bond motifs is 1. The lowest BCUT2D eigenvalue weighted by Crippen LogP contribution is -1.65. The highest BCUT2D eigenvalue weighted by molar-refractivity contribution is 5.80. The van der Waals surface area contributed by atoms with E-state index < -0.39 is 0 Å². The Labute approximate surface area is 58.1 Å². The molecule has 0 bridgehead atoms. The first kappa shape index (κ1) is 5.35. The van der Waals surface area contributed by atoms with E-state index in [-0.39, 0.29) is 0 Å². The molecule has 2 rings (SSSR count). The van der Waals surface area contributed by atoms with E-state index in [0.717, 1.165) is 10.9 Å². The molecule has 0 aliphatic heterocycles. The second-order valence-corrected chi connectivity index (χ2v) is 2.25. The van der Waals surface area contributed by atoms with Crippen molar-refractivity contribution in [3.05, 3.63) is 30.5 Å². The molecule has 0 radical (unpaired) electrons. The Bertz CT molecular complexity index is 351. The van der Waals surface area contributed by atoms with E-state index in [0.29, 0.717) is 5.75 Å². The van der Waals surface area contributed by atoms with E-state index in [1.54, 1.807) is 12.1 Å². The maximum atomic E-state index is 9.03. The molecule has 10 heavy (non-hydrogen) atoms. The van der Waals surface area contributed by atoms with Crippen molar-refractivity contribution in [1.82, 2.24) is 4.98 Å². The summed E-state index contributed by atoms with van der Waals surface area (Å²) in [6.45, 7) is 0. The van der Waals surface area contributed by atoms with Crippen molar-refractivity contribution in [1.29, 1.82) is 0 Å². The number of rotatable bonds is 0. The van der Waals surface area contributed by atoms with Crippen molar-refractivity contribution in [3.8, 4) is 5.75 Å². The van der Waals surface area contributed by atoms with Crippen LogP contribution in [0, 0.1) is 0 Å². The quantitative estimate of drug-likeness (QED) is 0.567. The maximum absolute atomic E-state index is 9.03. The highest BCUT2D eigenvalue weighted by atomic mass is 16.3. The number of phenols is 1. The summed E-state index contributed by atoms with van der Waals surface area (Å²) in [6, 6.07) is 7.17. The Balaban J connectivity index is 2.86. The van der Waals surface area contributed by atoms with Gasteiger partial charge < -0.3 is 10.1 Å². The molecule has 50 valence electrons. The Morgan fingerprint density at radius 2 is 2.10 bits per heavy atom. The van der Waals surface area contributed by atoms with Crippen LogP contribution in [0.4, 0.5) is 0 Å². The molecule has 0 spiro atoms. The van der Waals surface area contributed by atoms with E-state index >= 15 is 0 Å². The van der Waals surface area contributed by atoms with Crippen LogP contribution in [0.3, 0.4) is 0 Å².